The number of hydrogen-bond acceptors (Lipinski definition) is 5. The van der Waals surface area contributed by atoms with Crippen LogP contribution in [0.15, 0.2) is 18.2 Å². The number of benzene rings is 1. The van der Waals surface area contributed by atoms with Gasteiger partial charge in [-0.1, -0.05) is 11.6 Å². The molecule has 0 aliphatic carbocycles. The Morgan fingerprint density at radius 3 is 2.81 bits per heavy atom. The van der Waals surface area contributed by atoms with Crippen LogP contribution >= 0.6 is 11.6 Å². The summed E-state index contributed by atoms with van der Waals surface area (Å²) < 4.78 is 10.4. The van der Waals surface area contributed by atoms with Gasteiger partial charge in [-0.25, -0.2) is 0 Å². The van der Waals surface area contributed by atoms with Gasteiger partial charge < -0.3 is 24.8 Å². The van der Waals surface area contributed by atoms with Crippen molar-refractivity contribution in [3.05, 3.63) is 23.2 Å². The Morgan fingerprint density at radius 1 is 1.38 bits per heavy atom. The SMILES string of the molecule is COCC1(C(=O)O)CCCN(C(=O)CCNc2cc(Cl)ccc2OC)C1. The number of ether oxygens (including phenoxy) is 2. The van der Waals surface area contributed by atoms with Crippen molar-refractivity contribution in [2.75, 3.05) is 45.8 Å². The topological polar surface area (TPSA) is 88.1 Å². The number of amides is 1. The number of aliphatic carboxylic acids is 1. The van der Waals surface area contributed by atoms with Gasteiger partial charge in [0.25, 0.3) is 0 Å². The van der Waals surface area contributed by atoms with Crippen LogP contribution < -0.4 is 10.1 Å². The van der Waals surface area contributed by atoms with Crippen molar-refractivity contribution in [2.24, 2.45) is 5.41 Å². The lowest BCUT2D eigenvalue weighted by Crippen LogP contribution is -2.52. The first-order valence-corrected chi connectivity index (χ1v) is 8.87. The fraction of sp³-hybridized carbons (Fsp3) is 0.556. The maximum Gasteiger partial charge on any atom is 0.313 e. The Balaban J connectivity index is 1.93. The van der Waals surface area contributed by atoms with Gasteiger partial charge in [-0.2, -0.15) is 0 Å². The first-order valence-electron chi connectivity index (χ1n) is 8.49. The van der Waals surface area contributed by atoms with Crippen molar-refractivity contribution < 1.29 is 24.2 Å². The Hall–Kier alpha value is -1.99. The number of carbonyl (C=O) groups excluding carboxylic acids is 1. The fourth-order valence-electron chi connectivity index (χ4n) is 3.26. The molecule has 0 radical (unpaired) electrons. The van der Waals surface area contributed by atoms with Gasteiger partial charge in [-0.05, 0) is 31.0 Å². The summed E-state index contributed by atoms with van der Waals surface area (Å²) >= 11 is 5.99. The number of rotatable bonds is 8. The van der Waals surface area contributed by atoms with Crippen molar-refractivity contribution in [1.29, 1.82) is 0 Å². The number of halogens is 1. The molecule has 1 fully saturated rings. The van der Waals surface area contributed by atoms with Gasteiger partial charge in [-0.3, -0.25) is 9.59 Å². The van der Waals surface area contributed by atoms with Crippen LogP contribution in [0.5, 0.6) is 5.75 Å². The van der Waals surface area contributed by atoms with Crippen molar-refractivity contribution in [2.45, 2.75) is 19.3 Å². The number of hydrogen-bond donors (Lipinski definition) is 2. The molecule has 0 aromatic heterocycles. The summed E-state index contributed by atoms with van der Waals surface area (Å²) in [6.07, 6.45) is 1.41. The molecule has 1 saturated heterocycles. The Labute approximate surface area is 158 Å². The highest BCUT2D eigenvalue weighted by atomic mass is 35.5. The Kier molecular flexibility index (Phi) is 7.11. The number of nitrogens with one attached hydrogen (secondary N) is 1. The van der Waals surface area contributed by atoms with Crippen LogP contribution in [0.4, 0.5) is 5.69 Å². The van der Waals surface area contributed by atoms with Crippen LogP contribution in [0.3, 0.4) is 0 Å². The normalized spacial score (nSPS) is 19.9. The molecule has 2 rings (SSSR count). The summed E-state index contributed by atoms with van der Waals surface area (Å²) in [7, 11) is 3.04. The van der Waals surface area contributed by atoms with E-state index in [1.165, 1.54) is 7.11 Å². The molecule has 8 heteroatoms. The molecule has 1 heterocycles. The second-order valence-electron chi connectivity index (χ2n) is 6.46. The first kappa shape index (κ1) is 20.3. The van der Waals surface area contributed by atoms with Gasteiger partial charge >= 0.3 is 5.97 Å². The van der Waals surface area contributed by atoms with Crippen molar-refractivity contribution >= 4 is 29.2 Å². The van der Waals surface area contributed by atoms with Crippen LogP contribution in [0.2, 0.25) is 5.02 Å². The van der Waals surface area contributed by atoms with E-state index >= 15 is 0 Å². The standard InChI is InChI=1S/C18H25ClN2O5/c1-25-12-18(17(23)24)7-3-9-21(11-18)16(22)6-8-20-14-10-13(19)4-5-15(14)26-2/h4-5,10,20H,3,6-9,11-12H2,1-2H3,(H,23,24). The highest BCUT2D eigenvalue weighted by Gasteiger charge is 2.43. The molecule has 1 aliphatic rings. The molecule has 1 aliphatic heterocycles. The van der Waals surface area contributed by atoms with Gasteiger partial charge in [0.1, 0.15) is 11.2 Å². The van der Waals surface area contributed by atoms with E-state index in [1.54, 1.807) is 30.2 Å². The third-order valence-corrected chi connectivity index (χ3v) is 4.85. The third-order valence-electron chi connectivity index (χ3n) is 4.62. The molecule has 1 aromatic rings. The minimum atomic E-state index is -1.02. The smallest absolute Gasteiger partial charge is 0.313 e. The van der Waals surface area contributed by atoms with E-state index in [2.05, 4.69) is 5.32 Å². The van der Waals surface area contributed by atoms with E-state index in [-0.39, 0.29) is 25.5 Å². The van der Waals surface area contributed by atoms with Crippen LogP contribution in [0, 0.1) is 5.41 Å². The predicted molar refractivity (Wildman–Crippen MR) is 98.9 cm³/mol. The first-order chi connectivity index (χ1) is 12.4. The summed E-state index contributed by atoms with van der Waals surface area (Å²) in [5, 5.41) is 13.3. The average Bonchev–Trinajstić information content (AvgIpc) is 2.62. The number of carboxylic acid groups (broad SMARTS) is 1. The highest BCUT2D eigenvalue weighted by molar-refractivity contribution is 6.30. The third kappa shape index (κ3) is 4.80. The zero-order valence-corrected chi connectivity index (χ0v) is 15.8. The molecule has 0 saturated carbocycles. The van der Waals surface area contributed by atoms with E-state index in [9.17, 15) is 14.7 Å². The predicted octanol–water partition coefficient (Wildman–Crippen LogP) is 2.49. The maximum atomic E-state index is 12.5. The van der Waals surface area contributed by atoms with Crippen LogP contribution in [0.1, 0.15) is 19.3 Å². The second-order valence-corrected chi connectivity index (χ2v) is 6.90. The van der Waals surface area contributed by atoms with E-state index in [0.29, 0.717) is 42.4 Å². The molecular weight excluding hydrogens is 360 g/mol. The van der Waals surface area contributed by atoms with Gasteiger partial charge in [0.2, 0.25) is 5.91 Å². The fourth-order valence-corrected chi connectivity index (χ4v) is 3.43. The molecule has 2 N–H and O–H groups in total. The number of methoxy groups -OCH3 is 2. The minimum absolute atomic E-state index is 0.0834. The molecule has 1 aromatic carbocycles. The lowest BCUT2D eigenvalue weighted by Gasteiger charge is -2.39. The quantitative estimate of drug-likeness (QED) is 0.716. The average molecular weight is 385 g/mol. The zero-order valence-electron chi connectivity index (χ0n) is 15.1. The van der Waals surface area contributed by atoms with Crippen molar-refractivity contribution in [3.63, 3.8) is 0 Å². The van der Waals surface area contributed by atoms with Gasteiger partial charge in [0.15, 0.2) is 0 Å². The molecule has 1 unspecified atom stereocenters. The lowest BCUT2D eigenvalue weighted by atomic mass is 9.80. The van der Waals surface area contributed by atoms with E-state index in [0.717, 1.165) is 0 Å². The zero-order chi connectivity index (χ0) is 19.2. The minimum Gasteiger partial charge on any atom is -0.495 e. The van der Waals surface area contributed by atoms with Gasteiger partial charge in [0.05, 0.1) is 19.4 Å². The van der Waals surface area contributed by atoms with Crippen LogP contribution in [0.25, 0.3) is 0 Å². The molecule has 26 heavy (non-hydrogen) atoms. The number of piperidine rings is 1. The molecule has 1 atom stereocenters. The number of anilines is 1. The summed E-state index contributed by atoms with van der Waals surface area (Å²) in [5.41, 5.74) is -0.308. The van der Waals surface area contributed by atoms with Crippen molar-refractivity contribution in [1.82, 2.24) is 4.90 Å². The van der Waals surface area contributed by atoms with E-state index in [1.807, 2.05) is 0 Å². The lowest BCUT2D eigenvalue weighted by molar-refractivity contribution is -0.159. The summed E-state index contributed by atoms with van der Waals surface area (Å²) in [6, 6.07) is 5.22. The molecule has 144 valence electrons. The monoisotopic (exact) mass is 384 g/mol. The Morgan fingerprint density at radius 2 is 2.15 bits per heavy atom. The van der Waals surface area contributed by atoms with Crippen molar-refractivity contribution in [3.8, 4) is 5.75 Å². The van der Waals surface area contributed by atoms with Crippen LogP contribution in [-0.4, -0.2) is 62.3 Å². The number of nitrogens with zero attached hydrogens (tertiary/aromatic N) is 1. The number of likely N-dealkylation sites (tertiary alicyclic amines) is 1. The molecule has 1 amide bonds. The largest absolute Gasteiger partial charge is 0.495 e. The second kappa shape index (κ2) is 9.09. The molecule has 0 spiro atoms. The van der Waals surface area contributed by atoms with E-state index < -0.39 is 11.4 Å². The summed E-state index contributed by atoms with van der Waals surface area (Å²) in [5.74, 6) is -0.358. The van der Waals surface area contributed by atoms with Gasteiger partial charge in [0, 0.05) is 38.2 Å². The summed E-state index contributed by atoms with van der Waals surface area (Å²) in [6.45, 7) is 1.24. The number of carboxylic acids is 1. The molecule has 0 bridgehead atoms. The maximum absolute atomic E-state index is 12.5. The number of carbonyl (C=O) groups is 2. The van der Waals surface area contributed by atoms with Gasteiger partial charge in [-0.15, -0.1) is 0 Å². The molecular formula is C18H25ClN2O5. The van der Waals surface area contributed by atoms with Crippen LogP contribution in [-0.2, 0) is 14.3 Å². The Bertz CT molecular complexity index is 650. The summed E-state index contributed by atoms with van der Waals surface area (Å²) in [4.78, 5) is 25.8. The molecule has 7 nitrogen and oxygen atoms in total. The highest BCUT2D eigenvalue weighted by Crippen LogP contribution is 2.31. The van der Waals surface area contributed by atoms with E-state index in [4.69, 9.17) is 21.1 Å².